The normalized spacial score (nSPS) is 12.9. The maximum atomic E-state index is 14.2. The van der Waals surface area contributed by atoms with Gasteiger partial charge in [-0.25, -0.2) is 4.79 Å². The molecule has 4 N–H and O–H groups in total. The van der Waals surface area contributed by atoms with Gasteiger partial charge in [0.15, 0.2) is 0 Å². The van der Waals surface area contributed by atoms with Crippen LogP contribution in [0.2, 0.25) is 0 Å². The molecular weight excluding hydrogens is 496 g/mol. The summed E-state index contributed by atoms with van der Waals surface area (Å²) in [6.45, 7) is 15.3. The number of rotatable bonds is 15. The highest BCUT2D eigenvalue weighted by Gasteiger charge is 2.37. The van der Waals surface area contributed by atoms with E-state index in [4.69, 9.17) is 10.5 Å². The van der Waals surface area contributed by atoms with E-state index in [0.29, 0.717) is 13.0 Å². The Labute approximate surface area is 234 Å². The summed E-state index contributed by atoms with van der Waals surface area (Å²) < 4.78 is 5.39. The molecule has 1 rings (SSSR count). The molecule has 1 aromatic rings. The van der Waals surface area contributed by atoms with E-state index in [0.717, 1.165) is 42.4 Å². The molecule has 0 saturated heterocycles. The molecule has 1 aromatic carbocycles. The fourth-order valence-electron chi connectivity index (χ4n) is 4.33. The van der Waals surface area contributed by atoms with Crippen LogP contribution in [0.25, 0.3) is 0 Å². The van der Waals surface area contributed by atoms with Crippen molar-refractivity contribution < 1.29 is 23.9 Å². The predicted molar refractivity (Wildman–Crippen MR) is 154 cm³/mol. The van der Waals surface area contributed by atoms with Crippen LogP contribution in [0, 0.1) is 13.8 Å². The van der Waals surface area contributed by atoms with E-state index < -0.39 is 35.6 Å². The van der Waals surface area contributed by atoms with E-state index in [2.05, 4.69) is 17.6 Å². The first-order valence-corrected chi connectivity index (χ1v) is 14.1. The second-order valence-corrected chi connectivity index (χ2v) is 11.5. The minimum atomic E-state index is -1.09. The van der Waals surface area contributed by atoms with Crippen LogP contribution >= 0.6 is 0 Å². The van der Waals surface area contributed by atoms with Gasteiger partial charge in [-0.1, -0.05) is 50.8 Å². The van der Waals surface area contributed by atoms with Crippen molar-refractivity contribution in [3.05, 3.63) is 34.9 Å². The van der Waals surface area contributed by atoms with Crippen LogP contribution in [0.5, 0.6) is 0 Å². The van der Waals surface area contributed by atoms with Gasteiger partial charge in [0.1, 0.15) is 17.7 Å². The molecule has 0 aliphatic carbocycles. The first kappa shape index (κ1) is 33.9. The zero-order valence-corrected chi connectivity index (χ0v) is 25.2. The van der Waals surface area contributed by atoms with Gasteiger partial charge < -0.3 is 26.0 Å². The molecule has 220 valence electrons. The van der Waals surface area contributed by atoms with Gasteiger partial charge in [-0.15, -0.1) is 0 Å². The number of aryl methyl sites for hydroxylation is 1. The average molecular weight is 547 g/mol. The number of nitrogens with zero attached hydrogens (tertiary/aromatic N) is 1. The summed E-state index contributed by atoms with van der Waals surface area (Å²) in [5, 5.41) is 5.62. The van der Waals surface area contributed by atoms with Crippen molar-refractivity contribution in [1.82, 2.24) is 15.5 Å². The zero-order valence-electron chi connectivity index (χ0n) is 25.2. The van der Waals surface area contributed by atoms with E-state index in [1.807, 2.05) is 45.9 Å². The maximum Gasteiger partial charge on any atom is 0.408 e. The lowest BCUT2D eigenvalue weighted by atomic mass is 9.94. The number of carbonyl (C=O) groups excluding carboxylic acids is 4. The number of benzene rings is 1. The number of nitrogens with one attached hydrogen (secondary N) is 2. The smallest absolute Gasteiger partial charge is 0.408 e. The van der Waals surface area contributed by atoms with Crippen LogP contribution in [0.1, 0.15) is 109 Å². The van der Waals surface area contributed by atoms with E-state index >= 15 is 0 Å². The van der Waals surface area contributed by atoms with Crippen molar-refractivity contribution in [2.24, 2.45) is 5.73 Å². The Morgan fingerprint density at radius 3 is 2.21 bits per heavy atom. The summed E-state index contributed by atoms with van der Waals surface area (Å²) in [5.74, 6) is -1.34. The van der Waals surface area contributed by atoms with Crippen molar-refractivity contribution in [2.45, 2.75) is 124 Å². The molecule has 0 radical (unpaired) electrons. The summed E-state index contributed by atoms with van der Waals surface area (Å²) in [6.07, 6.45) is 3.89. The van der Waals surface area contributed by atoms with Gasteiger partial charge in [0.2, 0.25) is 17.7 Å². The van der Waals surface area contributed by atoms with Crippen LogP contribution in [0.3, 0.4) is 0 Å². The molecule has 0 saturated carbocycles. The number of unbranched alkanes of at least 4 members (excludes halogenated alkanes) is 4. The van der Waals surface area contributed by atoms with Crippen molar-refractivity contribution >= 4 is 23.8 Å². The molecule has 0 fully saturated rings. The lowest BCUT2D eigenvalue weighted by molar-refractivity contribution is -0.143. The van der Waals surface area contributed by atoms with E-state index in [1.165, 1.54) is 0 Å². The Morgan fingerprint density at radius 2 is 1.64 bits per heavy atom. The molecule has 0 aliphatic heterocycles. The number of alkyl carbamates (subject to hydrolysis) is 1. The molecule has 0 spiro atoms. The second-order valence-electron chi connectivity index (χ2n) is 11.5. The maximum absolute atomic E-state index is 14.2. The highest BCUT2D eigenvalue weighted by molar-refractivity contribution is 5.92. The molecule has 9 heteroatoms. The lowest BCUT2D eigenvalue weighted by Gasteiger charge is -2.35. The van der Waals surface area contributed by atoms with Crippen LogP contribution < -0.4 is 16.4 Å². The summed E-state index contributed by atoms with van der Waals surface area (Å²) in [4.78, 5) is 53.8. The summed E-state index contributed by atoms with van der Waals surface area (Å²) in [5.41, 5.74) is 7.26. The van der Waals surface area contributed by atoms with E-state index in [1.54, 1.807) is 25.7 Å². The number of primary amides is 1. The van der Waals surface area contributed by atoms with Gasteiger partial charge in [0.05, 0.1) is 0 Å². The van der Waals surface area contributed by atoms with Crippen LogP contribution in [0.15, 0.2) is 18.2 Å². The molecule has 2 unspecified atom stereocenters. The first-order valence-electron chi connectivity index (χ1n) is 14.1. The van der Waals surface area contributed by atoms with Crippen molar-refractivity contribution in [3.63, 3.8) is 0 Å². The molecule has 0 aliphatic rings. The Balaban J connectivity index is 3.56. The quantitative estimate of drug-likeness (QED) is 0.271. The largest absolute Gasteiger partial charge is 0.444 e. The summed E-state index contributed by atoms with van der Waals surface area (Å²) >= 11 is 0. The van der Waals surface area contributed by atoms with Gasteiger partial charge in [0, 0.05) is 19.0 Å². The van der Waals surface area contributed by atoms with Crippen LogP contribution in [-0.2, 0) is 19.1 Å². The Hall–Kier alpha value is -3.10. The van der Waals surface area contributed by atoms with E-state index in [-0.39, 0.29) is 24.8 Å². The Morgan fingerprint density at radius 1 is 1.00 bits per heavy atom. The SMILES string of the molecule is CCCCCCCN(C(=O)C(CCC(N)=O)NC(=O)OC(C)(C)C)C(C(=O)NC(C)C)c1cccc(C)c1C. The second kappa shape index (κ2) is 16.1. The molecule has 2 atom stereocenters. The van der Waals surface area contributed by atoms with Gasteiger partial charge in [-0.3, -0.25) is 14.4 Å². The monoisotopic (exact) mass is 546 g/mol. The fraction of sp³-hybridized carbons (Fsp3) is 0.667. The highest BCUT2D eigenvalue weighted by Crippen LogP contribution is 2.28. The number of hydrogen-bond acceptors (Lipinski definition) is 5. The fourth-order valence-corrected chi connectivity index (χ4v) is 4.33. The average Bonchev–Trinajstić information content (AvgIpc) is 2.81. The summed E-state index contributed by atoms with van der Waals surface area (Å²) in [7, 11) is 0. The number of ether oxygens (including phenoxy) is 1. The molecule has 9 nitrogen and oxygen atoms in total. The third-order valence-electron chi connectivity index (χ3n) is 6.39. The van der Waals surface area contributed by atoms with Crippen LogP contribution in [-0.4, -0.2) is 52.9 Å². The topological polar surface area (TPSA) is 131 Å². The first-order chi connectivity index (χ1) is 18.2. The van der Waals surface area contributed by atoms with Crippen molar-refractivity contribution in [1.29, 1.82) is 0 Å². The lowest BCUT2D eigenvalue weighted by Crippen LogP contribution is -2.54. The summed E-state index contributed by atoms with van der Waals surface area (Å²) in [6, 6.07) is 3.56. The third-order valence-corrected chi connectivity index (χ3v) is 6.39. The highest BCUT2D eigenvalue weighted by atomic mass is 16.6. The number of carbonyl (C=O) groups is 4. The minimum absolute atomic E-state index is 0.00887. The standard InChI is InChI=1S/C30H50N4O5/c1-9-10-11-12-13-19-34(26(27(36)32-20(2)3)23-16-14-15-21(4)22(23)5)28(37)24(17-18-25(31)35)33-29(38)39-30(6,7)8/h14-16,20,24,26H,9-13,17-19H2,1-8H3,(H2,31,35)(H,32,36)(H,33,38). The van der Waals surface area contributed by atoms with Crippen molar-refractivity contribution in [2.75, 3.05) is 6.54 Å². The van der Waals surface area contributed by atoms with Crippen LogP contribution in [0.4, 0.5) is 4.79 Å². The van der Waals surface area contributed by atoms with Gasteiger partial charge in [-0.05, 0) is 78.0 Å². The number of nitrogens with two attached hydrogens (primary N) is 1. The zero-order chi connectivity index (χ0) is 29.8. The number of amides is 4. The Kier molecular flexibility index (Phi) is 14.0. The number of hydrogen-bond donors (Lipinski definition) is 3. The minimum Gasteiger partial charge on any atom is -0.444 e. The third kappa shape index (κ3) is 12.1. The van der Waals surface area contributed by atoms with Gasteiger partial charge in [0.25, 0.3) is 0 Å². The van der Waals surface area contributed by atoms with Gasteiger partial charge >= 0.3 is 6.09 Å². The van der Waals surface area contributed by atoms with Crippen molar-refractivity contribution in [3.8, 4) is 0 Å². The Bertz CT molecular complexity index is 971. The molecule has 39 heavy (non-hydrogen) atoms. The van der Waals surface area contributed by atoms with E-state index in [9.17, 15) is 19.2 Å². The molecule has 4 amide bonds. The van der Waals surface area contributed by atoms with Gasteiger partial charge in [-0.2, -0.15) is 0 Å². The molecule has 0 aromatic heterocycles. The predicted octanol–water partition coefficient (Wildman–Crippen LogP) is 4.83. The molecular formula is C30H50N4O5. The molecule has 0 heterocycles. The molecule has 0 bridgehead atoms.